The Balaban J connectivity index is 2.17. The number of rotatable bonds is 5. The van der Waals surface area contributed by atoms with Crippen LogP contribution in [0.2, 0.25) is 0 Å². The Morgan fingerprint density at radius 1 is 1.50 bits per heavy atom. The Morgan fingerprint density at radius 3 is 2.67 bits per heavy atom. The van der Waals surface area contributed by atoms with Crippen molar-refractivity contribution in [2.45, 2.75) is 31.7 Å². The van der Waals surface area contributed by atoms with E-state index in [1.54, 1.807) is 13.0 Å². The highest BCUT2D eigenvalue weighted by Gasteiger charge is 2.53. The minimum absolute atomic E-state index is 0.0472. The zero-order valence-corrected chi connectivity index (χ0v) is 14.4. The van der Waals surface area contributed by atoms with E-state index in [0.717, 1.165) is 22.9 Å². The summed E-state index contributed by atoms with van der Waals surface area (Å²) in [5.74, 6) is -2.61. The minimum atomic E-state index is -4.89. The summed E-state index contributed by atoms with van der Waals surface area (Å²) in [6.07, 6.45) is -2.52. The van der Waals surface area contributed by atoms with Gasteiger partial charge in [0.2, 0.25) is 12.0 Å². The van der Waals surface area contributed by atoms with E-state index < -0.39 is 35.6 Å². The summed E-state index contributed by atoms with van der Waals surface area (Å²) >= 11 is 6.61. The van der Waals surface area contributed by atoms with E-state index in [4.69, 9.17) is 16.4 Å². The summed E-state index contributed by atoms with van der Waals surface area (Å²) in [7, 11) is 0. The van der Waals surface area contributed by atoms with E-state index in [1.165, 1.54) is 6.92 Å². The van der Waals surface area contributed by atoms with E-state index in [1.807, 2.05) is 0 Å². The highest BCUT2D eigenvalue weighted by molar-refractivity contribution is 8.02. The molecule has 0 saturated carbocycles. The number of halogens is 5. The average Bonchev–Trinajstić information content (AvgIpc) is 2.88. The number of carbonyl (C=O) groups is 1. The van der Waals surface area contributed by atoms with Crippen molar-refractivity contribution in [2.75, 3.05) is 18.3 Å². The molecule has 2 unspecified atom stereocenters. The average molecular weight is 390 g/mol. The van der Waals surface area contributed by atoms with Gasteiger partial charge in [-0.25, -0.2) is 0 Å². The molecule has 0 saturated heterocycles. The molecule has 0 aromatic carbocycles. The number of thioether (sulfide) groups is 1. The molecular weight excluding hydrogens is 374 g/mol. The highest BCUT2D eigenvalue weighted by atomic mass is 35.5. The second-order valence-electron chi connectivity index (χ2n) is 5.42. The summed E-state index contributed by atoms with van der Waals surface area (Å²) in [6, 6.07) is -2.56. The number of hydrogen-bond acceptors (Lipinski definition) is 5. The van der Waals surface area contributed by atoms with Crippen molar-refractivity contribution in [3.8, 4) is 0 Å². The van der Waals surface area contributed by atoms with E-state index in [2.05, 4.69) is 5.48 Å². The van der Waals surface area contributed by atoms with Crippen LogP contribution in [-0.2, 0) is 9.63 Å². The van der Waals surface area contributed by atoms with Crippen LogP contribution in [0.25, 0.3) is 0 Å². The number of hydrogen-bond donors (Lipinski definition) is 1. The lowest BCUT2D eigenvalue weighted by Crippen LogP contribution is -2.57. The molecule has 1 amide bonds. The van der Waals surface area contributed by atoms with Crippen molar-refractivity contribution < 1.29 is 27.2 Å². The van der Waals surface area contributed by atoms with Gasteiger partial charge in [-0.1, -0.05) is 11.8 Å². The largest absolute Gasteiger partial charge is 0.417 e. The SMILES string of the molecule is CCN1C=C(F)N(CSC2=CC(C)(CCl)ON2)C(C(F)(F)F)C1=O. The second-order valence-corrected chi connectivity index (χ2v) is 6.68. The first-order valence-electron chi connectivity index (χ1n) is 6.98. The molecule has 0 fully saturated rings. The highest BCUT2D eigenvalue weighted by Crippen LogP contribution is 2.35. The Labute approximate surface area is 145 Å². The standard InChI is InChI=1S/C13H16ClF4N3O2S/c1-3-20-5-8(15)21(10(11(20)22)13(16,17)18)7-24-9-4-12(2,6-14)23-19-9/h4-5,10,19H,3,6-7H2,1-2H3. The molecule has 0 bridgehead atoms. The van der Waals surface area contributed by atoms with Gasteiger partial charge in [0.1, 0.15) is 5.60 Å². The van der Waals surface area contributed by atoms with Crippen molar-refractivity contribution >= 4 is 29.3 Å². The third-order valence-corrected chi connectivity index (χ3v) is 4.91. The van der Waals surface area contributed by atoms with Crippen LogP contribution < -0.4 is 5.48 Å². The summed E-state index contributed by atoms with van der Waals surface area (Å²) < 4.78 is 53.8. The molecule has 2 heterocycles. The van der Waals surface area contributed by atoms with Crippen LogP contribution >= 0.6 is 23.4 Å². The van der Waals surface area contributed by atoms with Crippen LogP contribution in [0.1, 0.15) is 13.8 Å². The van der Waals surface area contributed by atoms with E-state index >= 15 is 0 Å². The van der Waals surface area contributed by atoms with E-state index in [-0.39, 0.29) is 12.4 Å². The Hall–Kier alpha value is -1.13. The van der Waals surface area contributed by atoms with Crippen molar-refractivity contribution in [2.24, 2.45) is 0 Å². The number of amides is 1. The lowest BCUT2D eigenvalue weighted by atomic mass is 10.1. The molecule has 2 rings (SSSR count). The Kier molecular flexibility index (Phi) is 5.61. The Morgan fingerprint density at radius 2 is 2.17 bits per heavy atom. The van der Waals surface area contributed by atoms with Gasteiger partial charge in [0.25, 0.3) is 5.91 Å². The fourth-order valence-corrected chi connectivity index (χ4v) is 3.27. The van der Waals surface area contributed by atoms with Gasteiger partial charge >= 0.3 is 6.18 Å². The summed E-state index contributed by atoms with van der Waals surface area (Å²) in [5, 5.41) is 0.400. The number of nitrogens with one attached hydrogen (secondary N) is 1. The van der Waals surface area contributed by atoms with Gasteiger partial charge in [-0.2, -0.15) is 17.6 Å². The van der Waals surface area contributed by atoms with Crippen LogP contribution in [-0.4, -0.2) is 51.8 Å². The molecule has 2 atom stereocenters. The van der Waals surface area contributed by atoms with E-state index in [0.29, 0.717) is 9.93 Å². The monoisotopic (exact) mass is 389 g/mol. The maximum atomic E-state index is 14.1. The van der Waals surface area contributed by atoms with Gasteiger partial charge in [0.05, 0.1) is 23.0 Å². The van der Waals surface area contributed by atoms with Gasteiger partial charge in [-0.05, 0) is 19.9 Å². The summed E-state index contributed by atoms with van der Waals surface area (Å²) in [4.78, 5) is 18.3. The molecule has 0 spiro atoms. The molecule has 0 radical (unpaired) electrons. The normalized spacial score (nSPS) is 28.0. The topological polar surface area (TPSA) is 44.8 Å². The first kappa shape index (κ1) is 19.2. The van der Waals surface area contributed by atoms with Gasteiger partial charge in [0.15, 0.2) is 0 Å². The van der Waals surface area contributed by atoms with Gasteiger partial charge < -0.3 is 9.80 Å². The predicted molar refractivity (Wildman–Crippen MR) is 82.1 cm³/mol. The van der Waals surface area contributed by atoms with Crippen LogP contribution in [0.5, 0.6) is 0 Å². The lowest BCUT2D eigenvalue weighted by molar-refractivity contribution is -0.193. The maximum Gasteiger partial charge on any atom is 0.417 e. The smallest absolute Gasteiger partial charge is 0.318 e. The maximum absolute atomic E-state index is 14.1. The fraction of sp³-hybridized carbons (Fsp3) is 0.615. The molecule has 0 aliphatic carbocycles. The van der Waals surface area contributed by atoms with Gasteiger partial charge in [-0.15, -0.1) is 11.6 Å². The third-order valence-electron chi connectivity index (χ3n) is 3.46. The van der Waals surface area contributed by atoms with Crippen molar-refractivity contribution in [1.82, 2.24) is 15.3 Å². The van der Waals surface area contributed by atoms with Crippen LogP contribution in [0, 0.1) is 0 Å². The number of nitrogens with zero attached hydrogens (tertiary/aromatic N) is 2. The molecular formula is C13H16ClF4N3O2S. The van der Waals surface area contributed by atoms with E-state index in [9.17, 15) is 22.4 Å². The zero-order chi connectivity index (χ0) is 18.1. The molecule has 1 N–H and O–H groups in total. The first-order chi connectivity index (χ1) is 11.1. The Bertz CT molecular complexity index is 572. The quantitative estimate of drug-likeness (QED) is 0.445. The second kappa shape index (κ2) is 7.01. The summed E-state index contributed by atoms with van der Waals surface area (Å²) in [5.41, 5.74) is 1.74. The van der Waals surface area contributed by atoms with Crippen LogP contribution in [0.15, 0.2) is 23.3 Å². The molecule has 0 aromatic rings. The predicted octanol–water partition coefficient (Wildman–Crippen LogP) is 2.91. The molecule has 2 aliphatic heterocycles. The summed E-state index contributed by atoms with van der Waals surface area (Å²) in [6.45, 7) is 3.11. The van der Waals surface area contributed by atoms with Crippen molar-refractivity contribution in [3.63, 3.8) is 0 Å². The molecule has 2 aliphatic rings. The number of hydroxylamine groups is 1. The lowest BCUT2D eigenvalue weighted by Gasteiger charge is -2.38. The van der Waals surface area contributed by atoms with Crippen LogP contribution in [0.4, 0.5) is 17.6 Å². The van der Waals surface area contributed by atoms with Gasteiger partial charge in [-0.3, -0.25) is 15.1 Å². The molecule has 11 heteroatoms. The van der Waals surface area contributed by atoms with Crippen LogP contribution in [0.3, 0.4) is 0 Å². The molecule has 136 valence electrons. The number of alkyl halides is 4. The zero-order valence-electron chi connectivity index (χ0n) is 12.9. The van der Waals surface area contributed by atoms with Crippen molar-refractivity contribution in [1.29, 1.82) is 0 Å². The molecule has 5 nitrogen and oxygen atoms in total. The molecule has 0 aromatic heterocycles. The number of likely N-dealkylation sites (N-methyl/N-ethyl adjacent to an activating group) is 1. The van der Waals surface area contributed by atoms with Gasteiger partial charge in [0, 0.05) is 6.54 Å². The first-order valence-corrected chi connectivity index (χ1v) is 8.50. The number of carbonyl (C=O) groups excluding carboxylic acids is 1. The fourth-order valence-electron chi connectivity index (χ4n) is 2.16. The minimum Gasteiger partial charge on any atom is -0.318 e. The third kappa shape index (κ3) is 3.92. The van der Waals surface area contributed by atoms with Crippen molar-refractivity contribution in [3.05, 3.63) is 23.3 Å². The molecule has 24 heavy (non-hydrogen) atoms.